The van der Waals surface area contributed by atoms with Gasteiger partial charge in [-0.3, -0.25) is 9.69 Å². The van der Waals surface area contributed by atoms with Crippen LogP contribution < -0.4 is 10.1 Å². The lowest BCUT2D eigenvalue weighted by Gasteiger charge is -2.17. The number of anilines is 1. The summed E-state index contributed by atoms with van der Waals surface area (Å²) in [7, 11) is 3.55. The Morgan fingerprint density at radius 2 is 1.80 bits per heavy atom. The first-order valence-corrected chi connectivity index (χ1v) is 8.24. The van der Waals surface area contributed by atoms with E-state index >= 15 is 0 Å². The van der Waals surface area contributed by atoms with Crippen LogP contribution in [0.15, 0.2) is 66.7 Å². The molecule has 4 heteroatoms. The summed E-state index contributed by atoms with van der Waals surface area (Å²) in [4.78, 5) is 14.2. The number of carbonyl (C=O) groups excluding carboxylic acids is 1. The van der Waals surface area contributed by atoms with Crippen molar-refractivity contribution in [3.63, 3.8) is 0 Å². The zero-order valence-electron chi connectivity index (χ0n) is 14.5. The number of methoxy groups -OCH3 is 1. The molecule has 0 aliphatic carbocycles. The van der Waals surface area contributed by atoms with E-state index in [9.17, 15) is 4.79 Å². The van der Waals surface area contributed by atoms with Crippen molar-refractivity contribution in [2.24, 2.45) is 0 Å². The van der Waals surface area contributed by atoms with Crippen molar-refractivity contribution >= 4 is 22.4 Å². The van der Waals surface area contributed by atoms with Crippen molar-refractivity contribution in [3.8, 4) is 5.75 Å². The van der Waals surface area contributed by atoms with Gasteiger partial charge in [0.2, 0.25) is 5.91 Å². The maximum absolute atomic E-state index is 12.2. The van der Waals surface area contributed by atoms with Crippen LogP contribution >= 0.6 is 0 Å². The van der Waals surface area contributed by atoms with Crippen LogP contribution in [0.5, 0.6) is 5.75 Å². The molecule has 0 spiro atoms. The van der Waals surface area contributed by atoms with Gasteiger partial charge in [-0.05, 0) is 41.6 Å². The minimum Gasteiger partial charge on any atom is -0.497 e. The summed E-state index contributed by atoms with van der Waals surface area (Å²) in [6.45, 7) is 1.04. The molecule has 3 aromatic rings. The number of benzene rings is 3. The molecule has 0 fully saturated rings. The molecule has 0 saturated heterocycles. The monoisotopic (exact) mass is 334 g/mol. The molecule has 3 rings (SSSR count). The van der Waals surface area contributed by atoms with Gasteiger partial charge in [0.15, 0.2) is 0 Å². The van der Waals surface area contributed by atoms with Gasteiger partial charge in [-0.2, -0.15) is 0 Å². The predicted octanol–water partition coefficient (Wildman–Crippen LogP) is 3.92. The Hall–Kier alpha value is -2.85. The van der Waals surface area contributed by atoms with Crippen molar-refractivity contribution in [2.45, 2.75) is 6.54 Å². The van der Waals surface area contributed by atoms with E-state index in [0.717, 1.165) is 18.0 Å². The number of nitrogens with one attached hydrogen (secondary N) is 1. The molecule has 1 amide bonds. The fraction of sp³-hybridized carbons (Fsp3) is 0.190. The van der Waals surface area contributed by atoms with Gasteiger partial charge in [-0.1, -0.05) is 42.5 Å². The molecule has 1 N–H and O–H groups in total. The lowest BCUT2D eigenvalue weighted by molar-refractivity contribution is -0.117. The van der Waals surface area contributed by atoms with E-state index in [2.05, 4.69) is 35.6 Å². The SMILES string of the molecule is COc1cccc(NC(=O)CN(C)Cc2ccc3ccccc3c2)c1. The summed E-state index contributed by atoms with van der Waals surface area (Å²) in [5.41, 5.74) is 1.93. The molecule has 0 aliphatic rings. The first kappa shape index (κ1) is 17.0. The topological polar surface area (TPSA) is 41.6 Å². The van der Waals surface area contributed by atoms with Gasteiger partial charge in [0.05, 0.1) is 13.7 Å². The smallest absolute Gasteiger partial charge is 0.238 e. The molecule has 0 heterocycles. The van der Waals surface area contributed by atoms with E-state index < -0.39 is 0 Å². The van der Waals surface area contributed by atoms with E-state index in [0.29, 0.717) is 6.54 Å². The van der Waals surface area contributed by atoms with Crippen molar-refractivity contribution in [3.05, 3.63) is 72.3 Å². The van der Waals surface area contributed by atoms with Crippen LogP contribution in [0.1, 0.15) is 5.56 Å². The number of hydrogen-bond donors (Lipinski definition) is 1. The van der Waals surface area contributed by atoms with Crippen molar-refractivity contribution in [2.75, 3.05) is 26.0 Å². The van der Waals surface area contributed by atoms with Crippen LogP contribution in [0.2, 0.25) is 0 Å². The molecular weight excluding hydrogens is 312 g/mol. The van der Waals surface area contributed by atoms with Crippen molar-refractivity contribution < 1.29 is 9.53 Å². The Labute approximate surface area is 148 Å². The molecule has 0 radical (unpaired) electrons. The van der Waals surface area contributed by atoms with Crippen LogP contribution in [0.25, 0.3) is 10.8 Å². The van der Waals surface area contributed by atoms with Gasteiger partial charge in [0.25, 0.3) is 0 Å². The Bertz CT molecular complexity index is 876. The van der Waals surface area contributed by atoms with Gasteiger partial charge in [-0.25, -0.2) is 0 Å². The number of carbonyl (C=O) groups is 1. The molecule has 3 aromatic carbocycles. The Morgan fingerprint density at radius 1 is 1.00 bits per heavy atom. The van der Waals surface area contributed by atoms with Gasteiger partial charge in [0, 0.05) is 18.3 Å². The summed E-state index contributed by atoms with van der Waals surface area (Å²) in [5.74, 6) is 0.680. The molecular formula is C21H22N2O2. The summed E-state index contributed by atoms with van der Waals surface area (Å²) in [6.07, 6.45) is 0. The van der Waals surface area contributed by atoms with Crippen LogP contribution in [-0.4, -0.2) is 31.5 Å². The van der Waals surface area contributed by atoms with E-state index in [1.165, 1.54) is 16.3 Å². The van der Waals surface area contributed by atoms with E-state index in [-0.39, 0.29) is 5.91 Å². The highest BCUT2D eigenvalue weighted by atomic mass is 16.5. The summed E-state index contributed by atoms with van der Waals surface area (Å²) in [5, 5.41) is 5.35. The predicted molar refractivity (Wildman–Crippen MR) is 102 cm³/mol. The summed E-state index contributed by atoms with van der Waals surface area (Å²) < 4.78 is 5.17. The maximum Gasteiger partial charge on any atom is 0.238 e. The van der Waals surface area contributed by atoms with Crippen molar-refractivity contribution in [1.29, 1.82) is 0 Å². The highest BCUT2D eigenvalue weighted by Crippen LogP contribution is 2.18. The highest BCUT2D eigenvalue weighted by Gasteiger charge is 2.08. The second kappa shape index (κ2) is 7.81. The quantitative estimate of drug-likeness (QED) is 0.743. The van der Waals surface area contributed by atoms with Gasteiger partial charge < -0.3 is 10.1 Å². The maximum atomic E-state index is 12.2. The number of ether oxygens (including phenoxy) is 1. The fourth-order valence-electron chi connectivity index (χ4n) is 2.85. The summed E-state index contributed by atoms with van der Waals surface area (Å²) in [6, 6.07) is 22.0. The normalized spacial score (nSPS) is 10.8. The highest BCUT2D eigenvalue weighted by molar-refractivity contribution is 5.92. The molecule has 0 bridgehead atoms. The molecule has 0 aliphatic heterocycles. The zero-order valence-corrected chi connectivity index (χ0v) is 14.5. The number of fused-ring (bicyclic) bond motifs is 1. The lowest BCUT2D eigenvalue weighted by atomic mass is 10.1. The van der Waals surface area contributed by atoms with Gasteiger partial charge >= 0.3 is 0 Å². The third kappa shape index (κ3) is 4.58. The third-order valence-corrected chi connectivity index (χ3v) is 4.03. The van der Waals surface area contributed by atoms with E-state index in [1.807, 2.05) is 42.3 Å². The first-order valence-electron chi connectivity index (χ1n) is 8.24. The number of amides is 1. The zero-order chi connectivity index (χ0) is 17.6. The minimum absolute atomic E-state index is 0.0449. The minimum atomic E-state index is -0.0449. The van der Waals surface area contributed by atoms with Gasteiger partial charge in [-0.15, -0.1) is 0 Å². The molecule has 0 unspecified atom stereocenters. The Morgan fingerprint density at radius 3 is 2.60 bits per heavy atom. The molecule has 0 atom stereocenters. The van der Waals surface area contributed by atoms with Crippen LogP contribution in [0.4, 0.5) is 5.69 Å². The van der Waals surface area contributed by atoms with E-state index in [1.54, 1.807) is 13.2 Å². The Balaban J connectivity index is 1.58. The average molecular weight is 334 g/mol. The number of rotatable bonds is 6. The van der Waals surface area contributed by atoms with Crippen LogP contribution in [-0.2, 0) is 11.3 Å². The van der Waals surface area contributed by atoms with Crippen molar-refractivity contribution in [1.82, 2.24) is 4.90 Å². The average Bonchev–Trinajstić information content (AvgIpc) is 2.61. The number of hydrogen-bond acceptors (Lipinski definition) is 3. The molecule has 0 saturated carbocycles. The van der Waals surface area contributed by atoms with Gasteiger partial charge in [0.1, 0.15) is 5.75 Å². The third-order valence-electron chi connectivity index (χ3n) is 4.03. The molecule has 4 nitrogen and oxygen atoms in total. The first-order chi connectivity index (χ1) is 12.1. The van der Waals surface area contributed by atoms with E-state index in [4.69, 9.17) is 4.74 Å². The number of nitrogens with zero attached hydrogens (tertiary/aromatic N) is 1. The second-order valence-corrected chi connectivity index (χ2v) is 6.13. The standard InChI is InChI=1S/C21H22N2O2/c1-23(14-16-10-11-17-6-3-4-7-18(17)12-16)15-21(24)22-19-8-5-9-20(13-19)25-2/h3-13H,14-15H2,1-2H3,(H,22,24). The molecule has 25 heavy (non-hydrogen) atoms. The fourth-order valence-corrected chi connectivity index (χ4v) is 2.85. The molecule has 128 valence electrons. The lowest BCUT2D eigenvalue weighted by Crippen LogP contribution is -2.29. The Kier molecular flexibility index (Phi) is 5.31. The number of likely N-dealkylation sites (N-methyl/N-ethyl adjacent to an activating group) is 1. The van der Waals surface area contributed by atoms with Crippen LogP contribution in [0.3, 0.4) is 0 Å². The second-order valence-electron chi connectivity index (χ2n) is 6.13. The largest absolute Gasteiger partial charge is 0.497 e. The molecule has 0 aromatic heterocycles. The summed E-state index contributed by atoms with van der Waals surface area (Å²) >= 11 is 0. The van der Waals surface area contributed by atoms with Crippen LogP contribution in [0, 0.1) is 0 Å².